The van der Waals surface area contributed by atoms with Gasteiger partial charge in [0.15, 0.2) is 0 Å². The van der Waals surface area contributed by atoms with Gasteiger partial charge in [-0.05, 0) is 43.9 Å². The SMILES string of the molecule is CNC(c1cnn2ccccc12)C1CCCC(C)C1. The van der Waals surface area contributed by atoms with E-state index >= 15 is 0 Å². The number of nitrogens with zero attached hydrogens (tertiary/aromatic N) is 2. The highest BCUT2D eigenvalue weighted by Gasteiger charge is 2.28. The van der Waals surface area contributed by atoms with Crippen molar-refractivity contribution in [1.82, 2.24) is 14.9 Å². The molecule has 2 aromatic rings. The molecule has 3 nitrogen and oxygen atoms in total. The Morgan fingerprint density at radius 3 is 3.05 bits per heavy atom. The van der Waals surface area contributed by atoms with E-state index in [4.69, 9.17) is 0 Å². The summed E-state index contributed by atoms with van der Waals surface area (Å²) in [5.41, 5.74) is 2.59. The first kappa shape index (κ1) is 12.7. The number of rotatable bonds is 3. The van der Waals surface area contributed by atoms with Gasteiger partial charge in [0, 0.05) is 17.8 Å². The Kier molecular flexibility index (Phi) is 3.56. The summed E-state index contributed by atoms with van der Waals surface area (Å²) in [5.74, 6) is 1.60. The molecule has 0 aliphatic heterocycles. The third-order valence-corrected chi connectivity index (χ3v) is 4.55. The van der Waals surface area contributed by atoms with Crippen LogP contribution in [0.1, 0.15) is 44.2 Å². The fourth-order valence-corrected chi connectivity index (χ4v) is 3.62. The Balaban J connectivity index is 1.93. The third-order valence-electron chi connectivity index (χ3n) is 4.55. The summed E-state index contributed by atoms with van der Waals surface area (Å²) in [5, 5.41) is 8.01. The van der Waals surface area contributed by atoms with Gasteiger partial charge in [-0.3, -0.25) is 0 Å². The summed E-state index contributed by atoms with van der Waals surface area (Å²) in [6.07, 6.45) is 9.48. The number of aromatic nitrogens is 2. The molecule has 3 heteroatoms. The molecular formula is C16H23N3. The van der Waals surface area contributed by atoms with Crippen LogP contribution in [0.4, 0.5) is 0 Å². The summed E-state index contributed by atoms with van der Waals surface area (Å²) in [4.78, 5) is 0. The number of hydrogen-bond acceptors (Lipinski definition) is 2. The average molecular weight is 257 g/mol. The van der Waals surface area contributed by atoms with E-state index in [0.717, 1.165) is 11.8 Å². The van der Waals surface area contributed by atoms with Crippen molar-refractivity contribution in [3.05, 3.63) is 36.2 Å². The first-order chi connectivity index (χ1) is 9.29. The van der Waals surface area contributed by atoms with E-state index in [0.29, 0.717) is 6.04 Å². The molecule has 0 saturated heterocycles. The zero-order valence-electron chi connectivity index (χ0n) is 11.8. The van der Waals surface area contributed by atoms with Crippen molar-refractivity contribution >= 4 is 5.52 Å². The van der Waals surface area contributed by atoms with Crippen LogP contribution in [-0.4, -0.2) is 16.7 Å². The van der Waals surface area contributed by atoms with Gasteiger partial charge in [0.1, 0.15) is 0 Å². The lowest BCUT2D eigenvalue weighted by molar-refractivity contribution is 0.230. The maximum absolute atomic E-state index is 4.48. The summed E-state index contributed by atoms with van der Waals surface area (Å²) >= 11 is 0. The second-order valence-electron chi connectivity index (χ2n) is 5.93. The van der Waals surface area contributed by atoms with Gasteiger partial charge in [-0.2, -0.15) is 5.10 Å². The summed E-state index contributed by atoms with van der Waals surface area (Å²) < 4.78 is 1.98. The molecule has 19 heavy (non-hydrogen) atoms. The Morgan fingerprint density at radius 2 is 2.26 bits per heavy atom. The van der Waals surface area contributed by atoms with Gasteiger partial charge < -0.3 is 5.32 Å². The summed E-state index contributed by atoms with van der Waals surface area (Å²) in [6.45, 7) is 2.38. The lowest BCUT2D eigenvalue weighted by Gasteiger charge is -2.33. The Bertz CT molecular complexity index is 546. The zero-order chi connectivity index (χ0) is 13.2. The average Bonchev–Trinajstić information content (AvgIpc) is 2.84. The van der Waals surface area contributed by atoms with Gasteiger partial charge in [-0.15, -0.1) is 0 Å². The van der Waals surface area contributed by atoms with Crippen molar-refractivity contribution in [2.45, 2.75) is 38.6 Å². The fourth-order valence-electron chi connectivity index (χ4n) is 3.62. The second kappa shape index (κ2) is 5.33. The lowest BCUT2D eigenvalue weighted by Crippen LogP contribution is -2.28. The van der Waals surface area contributed by atoms with E-state index in [1.807, 2.05) is 23.0 Å². The molecule has 2 aromatic heterocycles. The number of fused-ring (bicyclic) bond motifs is 1. The minimum absolute atomic E-state index is 0.433. The van der Waals surface area contributed by atoms with Crippen molar-refractivity contribution in [3.63, 3.8) is 0 Å². The Hall–Kier alpha value is -1.35. The monoisotopic (exact) mass is 257 g/mol. The molecule has 1 N–H and O–H groups in total. The molecule has 3 rings (SSSR count). The van der Waals surface area contributed by atoms with Crippen molar-refractivity contribution in [2.75, 3.05) is 7.05 Å². The predicted molar refractivity (Wildman–Crippen MR) is 78.1 cm³/mol. The van der Waals surface area contributed by atoms with E-state index < -0.39 is 0 Å². The van der Waals surface area contributed by atoms with Crippen molar-refractivity contribution < 1.29 is 0 Å². The fraction of sp³-hybridized carbons (Fsp3) is 0.562. The van der Waals surface area contributed by atoms with Crippen LogP contribution in [0, 0.1) is 11.8 Å². The van der Waals surface area contributed by atoms with Crippen LogP contribution in [0.3, 0.4) is 0 Å². The first-order valence-corrected chi connectivity index (χ1v) is 7.39. The van der Waals surface area contributed by atoms with Gasteiger partial charge in [0.2, 0.25) is 0 Å². The van der Waals surface area contributed by atoms with Gasteiger partial charge in [0.05, 0.1) is 11.7 Å². The smallest absolute Gasteiger partial charge is 0.0709 e. The molecule has 1 saturated carbocycles. The minimum Gasteiger partial charge on any atom is -0.313 e. The topological polar surface area (TPSA) is 29.3 Å². The molecule has 1 aliphatic carbocycles. The number of pyridine rings is 1. The molecule has 2 heterocycles. The van der Waals surface area contributed by atoms with E-state index in [-0.39, 0.29) is 0 Å². The zero-order valence-corrected chi connectivity index (χ0v) is 11.8. The molecule has 3 unspecified atom stereocenters. The standard InChI is InChI=1S/C16H23N3/c1-12-6-5-7-13(10-12)16(17-2)14-11-18-19-9-4-3-8-15(14)19/h3-4,8-9,11-13,16-17H,5-7,10H2,1-2H3. The van der Waals surface area contributed by atoms with E-state index in [1.165, 1.54) is 36.8 Å². The van der Waals surface area contributed by atoms with Crippen LogP contribution >= 0.6 is 0 Å². The van der Waals surface area contributed by atoms with Crippen molar-refractivity contribution in [3.8, 4) is 0 Å². The minimum atomic E-state index is 0.433. The molecule has 0 spiro atoms. The van der Waals surface area contributed by atoms with Crippen LogP contribution in [0.2, 0.25) is 0 Å². The number of nitrogens with one attached hydrogen (secondary N) is 1. The van der Waals surface area contributed by atoms with Crippen LogP contribution in [0.5, 0.6) is 0 Å². The maximum atomic E-state index is 4.48. The molecular weight excluding hydrogens is 234 g/mol. The second-order valence-corrected chi connectivity index (χ2v) is 5.93. The summed E-state index contributed by atoms with van der Waals surface area (Å²) in [7, 11) is 2.08. The molecule has 0 amide bonds. The quantitative estimate of drug-likeness (QED) is 0.913. The molecule has 1 aliphatic rings. The highest BCUT2D eigenvalue weighted by atomic mass is 15.2. The van der Waals surface area contributed by atoms with Crippen LogP contribution in [0.15, 0.2) is 30.6 Å². The number of hydrogen-bond donors (Lipinski definition) is 1. The highest BCUT2D eigenvalue weighted by molar-refractivity contribution is 5.55. The first-order valence-electron chi connectivity index (χ1n) is 7.39. The normalized spacial score (nSPS) is 25.6. The van der Waals surface area contributed by atoms with Crippen LogP contribution in [-0.2, 0) is 0 Å². The van der Waals surface area contributed by atoms with Crippen LogP contribution < -0.4 is 5.32 Å². The largest absolute Gasteiger partial charge is 0.313 e. The highest BCUT2D eigenvalue weighted by Crippen LogP contribution is 2.37. The molecule has 0 radical (unpaired) electrons. The van der Waals surface area contributed by atoms with E-state index in [2.05, 4.69) is 36.5 Å². The summed E-state index contributed by atoms with van der Waals surface area (Å²) in [6, 6.07) is 6.72. The van der Waals surface area contributed by atoms with Crippen LogP contribution in [0.25, 0.3) is 5.52 Å². The van der Waals surface area contributed by atoms with Crippen molar-refractivity contribution in [2.24, 2.45) is 11.8 Å². The Morgan fingerprint density at radius 1 is 1.37 bits per heavy atom. The van der Waals surface area contributed by atoms with Gasteiger partial charge in [-0.25, -0.2) is 4.52 Å². The molecule has 1 fully saturated rings. The van der Waals surface area contributed by atoms with E-state index in [1.54, 1.807) is 0 Å². The molecule has 0 bridgehead atoms. The predicted octanol–water partition coefficient (Wildman–Crippen LogP) is 3.42. The maximum Gasteiger partial charge on any atom is 0.0709 e. The lowest BCUT2D eigenvalue weighted by atomic mass is 9.77. The van der Waals surface area contributed by atoms with Gasteiger partial charge in [0.25, 0.3) is 0 Å². The molecule has 102 valence electrons. The van der Waals surface area contributed by atoms with Crippen molar-refractivity contribution in [1.29, 1.82) is 0 Å². The molecule has 0 aromatic carbocycles. The van der Waals surface area contributed by atoms with E-state index in [9.17, 15) is 0 Å². The third kappa shape index (κ3) is 2.39. The van der Waals surface area contributed by atoms with Gasteiger partial charge in [-0.1, -0.05) is 25.8 Å². The molecule has 3 atom stereocenters. The van der Waals surface area contributed by atoms with Gasteiger partial charge >= 0.3 is 0 Å². The Labute approximate surface area is 115 Å².